The topological polar surface area (TPSA) is 42.4 Å². The summed E-state index contributed by atoms with van der Waals surface area (Å²) in [5.74, 6) is 0.265. The molecule has 1 heterocycles. The number of rotatable bonds is 4. The number of nitrogens with zero attached hydrogens (tertiary/aromatic N) is 2. The van der Waals surface area contributed by atoms with Crippen LogP contribution in [0.25, 0.3) is 10.9 Å². The van der Waals surface area contributed by atoms with Crippen LogP contribution in [0.2, 0.25) is 0 Å². The van der Waals surface area contributed by atoms with Gasteiger partial charge in [-0.3, -0.25) is 4.79 Å². The number of carbonyl (C=O) groups is 1. The highest BCUT2D eigenvalue weighted by Crippen LogP contribution is 2.23. The van der Waals surface area contributed by atoms with E-state index in [1.165, 1.54) is 12.1 Å². The third-order valence-electron chi connectivity index (χ3n) is 4.37. The fraction of sp³-hybridized carbons (Fsp3) is 0.200. The summed E-state index contributed by atoms with van der Waals surface area (Å²) in [6.07, 6.45) is 0. The maximum atomic E-state index is 13.1. The molecule has 0 N–H and O–H groups in total. The zero-order chi connectivity index (χ0) is 18.0. The Hall–Kier alpha value is -2.95. The maximum absolute atomic E-state index is 13.1. The van der Waals surface area contributed by atoms with E-state index in [1.807, 2.05) is 31.2 Å². The lowest BCUT2D eigenvalue weighted by Crippen LogP contribution is -2.30. The van der Waals surface area contributed by atoms with E-state index >= 15 is 0 Å². The van der Waals surface area contributed by atoms with E-state index in [2.05, 4.69) is 4.98 Å². The molecule has 5 heteroatoms. The minimum atomic E-state index is -0.295. The van der Waals surface area contributed by atoms with Crippen LogP contribution in [0.4, 0.5) is 4.39 Å². The molecule has 1 aromatic heterocycles. The largest absolute Gasteiger partial charge is 0.497 e. The molecule has 0 aliphatic carbocycles. The molecule has 0 aliphatic heterocycles. The van der Waals surface area contributed by atoms with Crippen molar-refractivity contribution in [3.05, 3.63) is 71.7 Å². The monoisotopic (exact) mass is 338 g/mol. The number of halogens is 1. The van der Waals surface area contributed by atoms with Gasteiger partial charge in [-0.15, -0.1) is 0 Å². The third kappa shape index (κ3) is 3.45. The highest BCUT2D eigenvalue weighted by Gasteiger charge is 2.20. The molecule has 25 heavy (non-hydrogen) atoms. The average molecular weight is 338 g/mol. The predicted molar refractivity (Wildman–Crippen MR) is 95.2 cm³/mol. The van der Waals surface area contributed by atoms with Crippen molar-refractivity contribution >= 4 is 16.8 Å². The Labute approximate surface area is 145 Å². The van der Waals surface area contributed by atoms with Gasteiger partial charge < -0.3 is 9.64 Å². The van der Waals surface area contributed by atoms with Gasteiger partial charge in [-0.1, -0.05) is 18.2 Å². The van der Waals surface area contributed by atoms with Gasteiger partial charge in [0.25, 0.3) is 5.91 Å². The molecule has 128 valence electrons. The molecular weight excluding hydrogens is 319 g/mol. The molecule has 4 nitrogen and oxygen atoms in total. The van der Waals surface area contributed by atoms with Gasteiger partial charge in [-0.25, -0.2) is 9.37 Å². The standard InChI is InChI=1S/C20H19FN2O2/c1-13(14-4-7-16(21)8-5-14)23(2)20(24)19-10-6-15-12-17(25-3)9-11-18(15)22-19/h4-13H,1-3H3. The van der Waals surface area contributed by atoms with Crippen molar-refractivity contribution in [2.45, 2.75) is 13.0 Å². The second-order valence-electron chi connectivity index (χ2n) is 5.90. The first-order valence-corrected chi connectivity index (χ1v) is 7.97. The SMILES string of the molecule is COc1ccc2nc(C(=O)N(C)C(C)c3ccc(F)cc3)ccc2c1. The number of pyridine rings is 1. The lowest BCUT2D eigenvalue weighted by atomic mass is 10.1. The lowest BCUT2D eigenvalue weighted by molar-refractivity contribution is 0.0737. The molecular formula is C20H19FN2O2. The van der Waals surface area contributed by atoms with E-state index in [-0.39, 0.29) is 17.8 Å². The van der Waals surface area contributed by atoms with Crippen LogP contribution in [0.5, 0.6) is 5.75 Å². The van der Waals surface area contributed by atoms with Crippen molar-refractivity contribution in [2.75, 3.05) is 14.2 Å². The summed E-state index contributed by atoms with van der Waals surface area (Å²) < 4.78 is 18.3. The van der Waals surface area contributed by atoms with Crippen molar-refractivity contribution in [1.29, 1.82) is 0 Å². The molecule has 0 radical (unpaired) electrons. The first-order valence-electron chi connectivity index (χ1n) is 7.97. The minimum Gasteiger partial charge on any atom is -0.497 e. The number of fused-ring (bicyclic) bond motifs is 1. The number of amides is 1. The Kier molecular flexibility index (Phi) is 4.65. The van der Waals surface area contributed by atoms with Crippen molar-refractivity contribution in [3.8, 4) is 5.75 Å². The van der Waals surface area contributed by atoms with Crippen LogP contribution < -0.4 is 4.74 Å². The Balaban J connectivity index is 1.86. The molecule has 0 saturated carbocycles. The van der Waals surface area contributed by atoms with Gasteiger partial charge in [0.05, 0.1) is 18.7 Å². The minimum absolute atomic E-state index is 0.186. The Morgan fingerprint density at radius 2 is 1.84 bits per heavy atom. The van der Waals surface area contributed by atoms with E-state index in [9.17, 15) is 9.18 Å². The van der Waals surface area contributed by atoms with Crippen LogP contribution in [0.15, 0.2) is 54.6 Å². The first-order chi connectivity index (χ1) is 12.0. The zero-order valence-electron chi connectivity index (χ0n) is 14.4. The maximum Gasteiger partial charge on any atom is 0.272 e. The second kappa shape index (κ2) is 6.89. The van der Waals surface area contributed by atoms with Crippen LogP contribution in [-0.4, -0.2) is 29.9 Å². The van der Waals surface area contributed by atoms with Gasteiger partial charge >= 0.3 is 0 Å². The first kappa shape index (κ1) is 16.9. The summed E-state index contributed by atoms with van der Waals surface area (Å²) in [6.45, 7) is 1.90. The highest BCUT2D eigenvalue weighted by atomic mass is 19.1. The third-order valence-corrected chi connectivity index (χ3v) is 4.37. The van der Waals surface area contributed by atoms with Gasteiger partial charge in [0.15, 0.2) is 0 Å². The van der Waals surface area contributed by atoms with Crippen molar-refractivity contribution < 1.29 is 13.9 Å². The van der Waals surface area contributed by atoms with Crippen LogP contribution in [0.3, 0.4) is 0 Å². The van der Waals surface area contributed by atoms with Crippen molar-refractivity contribution in [2.24, 2.45) is 0 Å². The smallest absolute Gasteiger partial charge is 0.272 e. The summed E-state index contributed by atoms with van der Waals surface area (Å²) >= 11 is 0. The summed E-state index contributed by atoms with van der Waals surface area (Å²) in [6, 6.07) is 15.0. The zero-order valence-corrected chi connectivity index (χ0v) is 14.4. The Morgan fingerprint density at radius 1 is 1.12 bits per heavy atom. The number of benzene rings is 2. The van der Waals surface area contributed by atoms with E-state index in [0.717, 1.165) is 22.2 Å². The van der Waals surface area contributed by atoms with Crippen LogP contribution in [-0.2, 0) is 0 Å². The van der Waals surface area contributed by atoms with Crippen LogP contribution in [0, 0.1) is 5.82 Å². The van der Waals surface area contributed by atoms with Gasteiger partial charge in [0.2, 0.25) is 0 Å². The Morgan fingerprint density at radius 3 is 2.52 bits per heavy atom. The van der Waals surface area contributed by atoms with Crippen molar-refractivity contribution in [1.82, 2.24) is 9.88 Å². The van der Waals surface area contributed by atoms with Gasteiger partial charge in [-0.2, -0.15) is 0 Å². The molecule has 1 unspecified atom stereocenters. The van der Waals surface area contributed by atoms with Gasteiger partial charge in [0.1, 0.15) is 17.3 Å². The number of hydrogen-bond acceptors (Lipinski definition) is 3. The number of aromatic nitrogens is 1. The van der Waals surface area contributed by atoms with Crippen LogP contribution >= 0.6 is 0 Å². The van der Waals surface area contributed by atoms with E-state index < -0.39 is 0 Å². The summed E-state index contributed by atoms with van der Waals surface area (Å²) in [5, 5.41) is 0.908. The molecule has 1 atom stereocenters. The fourth-order valence-electron chi connectivity index (χ4n) is 2.67. The number of methoxy groups -OCH3 is 1. The quantitative estimate of drug-likeness (QED) is 0.715. The van der Waals surface area contributed by atoms with Crippen LogP contribution in [0.1, 0.15) is 29.0 Å². The lowest BCUT2D eigenvalue weighted by Gasteiger charge is -2.25. The van der Waals surface area contributed by atoms with Gasteiger partial charge in [-0.05, 0) is 48.9 Å². The number of carbonyl (C=O) groups excluding carboxylic acids is 1. The van der Waals surface area contributed by atoms with Gasteiger partial charge in [0, 0.05) is 12.4 Å². The molecule has 1 amide bonds. The molecule has 0 bridgehead atoms. The number of ether oxygens (including phenoxy) is 1. The summed E-state index contributed by atoms with van der Waals surface area (Å²) in [5.41, 5.74) is 1.96. The highest BCUT2D eigenvalue weighted by molar-refractivity contribution is 5.95. The molecule has 0 aliphatic rings. The van der Waals surface area contributed by atoms with E-state index in [1.54, 1.807) is 37.3 Å². The average Bonchev–Trinajstić information content (AvgIpc) is 2.66. The second-order valence-corrected chi connectivity index (χ2v) is 5.90. The summed E-state index contributed by atoms with van der Waals surface area (Å²) in [4.78, 5) is 18.8. The Bertz CT molecular complexity index is 909. The fourth-order valence-corrected chi connectivity index (χ4v) is 2.67. The van der Waals surface area contributed by atoms with E-state index in [0.29, 0.717) is 5.69 Å². The predicted octanol–water partition coefficient (Wildman–Crippen LogP) is 4.22. The molecule has 3 aromatic rings. The molecule has 0 saturated heterocycles. The summed E-state index contributed by atoms with van der Waals surface area (Å²) in [7, 11) is 3.33. The van der Waals surface area contributed by atoms with E-state index in [4.69, 9.17) is 4.74 Å². The molecule has 0 spiro atoms. The number of hydrogen-bond donors (Lipinski definition) is 0. The van der Waals surface area contributed by atoms with Crippen molar-refractivity contribution in [3.63, 3.8) is 0 Å². The molecule has 0 fully saturated rings. The molecule has 3 rings (SSSR count). The molecule has 2 aromatic carbocycles. The normalized spacial score (nSPS) is 12.0.